The maximum absolute atomic E-state index is 12.7. The topological polar surface area (TPSA) is 33.1 Å². The van der Waals surface area contributed by atoms with Crippen molar-refractivity contribution in [3.8, 4) is 0 Å². The maximum Gasteiger partial charge on any atom is 0.433 e. The lowest BCUT2D eigenvalue weighted by atomic mass is 9.86. The molecule has 2 fully saturated rings. The van der Waals surface area contributed by atoms with Gasteiger partial charge >= 0.3 is 6.18 Å². The Morgan fingerprint density at radius 3 is 2.47 bits per heavy atom. The van der Waals surface area contributed by atoms with Crippen LogP contribution in [-0.4, -0.2) is 20.6 Å². The zero-order chi connectivity index (χ0) is 13.7. The van der Waals surface area contributed by atoms with Crippen LogP contribution in [0.4, 0.5) is 13.2 Å². The summed E-state index contributed by atoms with van der Waals surface area (Å²) in [5.41, 5.74) is -1.70. The van der Waals surface area contributed by atoms with Crippen LogP contribution in [0.1, 0.15) is 36.9 Å². The Hall–Kier alpha value is -0.750. The van der Waals surface area contributed by atoms with Crippen molar-refractivity contribution in [3.05, 3.63) is 29.6 Å². The van der Waals surface area contributed by atoms with Crippen LogP contribution in [0.15, 0.2) is 18.3 Å². The Labute approximate surface area is 113 Å². The maximum atomic E-state index is 12.7. The van der Waals surface area contributed by atoms with E-state index in [-0.39, 0.29) is 0 Å². The molecule has 0 radical (unpaired) electrons. The molecule has 0 aliphatic carbocycles. The standard InChI is InChI=1S/C13H14F3NOS/c14-13(15,16)11-5-8(3-4-17-11)12(18)6-9-1-2-10(7-12)19-9/h3-5,9-10,18H,1-2,6-7H2. The summed E-state index contributed by atoms with van der Waals surface area (Å²) in [5, 5.41) is 11.4. The monoisotopic (exact) mass is 289 g/mol. The molecule has 1 aromatic rings. The van der Waals surface area contributed by atoms with Gasteiger partial charge in [0.15, 0.2) is 0 Å². The molecule has 2 aliphatic rings. The van der Waals surface area contributed by atoms with Gasteiger partial charge in [0, 0.05) is 16.7 Å². The molecule has 2 nitrogen and oxygen atoms in total. The predicted octanol–water partition coefficient (Wildman–Crippen LogP) is 3.35. The van der Waals surface area contributed by atoms with E-state index in [2.05, 4.69) is 4.98 Å². The van der Waals surface area contributed by atoms with E-state index in [4.69, 9.17) is 0 Å². The van der Waals surface area contributed by atoms with Gasteiger partial charge in [-0.15, -0.1) is 0 Å². The zero-order valence-electron chi connectivity index (χ0n) is 10.2. The molecule has 2 aliphatic heterocycles. The van der Waals surface area contributed by atoms with Gasteiger partial charge < -0.3 is 5.11 Å². The van der Waals surface area contributed by atoms with E-state index in [9.17, 15) is 18.3 Å². The van der Waals surface area contributed by atoms with Gasteiger partial charge in [0.25, 0.3) is 0 Å². The number of pyridine rings is 1. The van der Waals surface area contributed by atoms with Gasteiger partial charge in [-0.1, -0.05) is 0 Å². The van der Waals surface area contributed by atoms with Gasteiger partial charge in [-0.2, -0.15) is 24.9 Å². The molecule has 0 amide bonds. The molecule has 3 heterocycles. The molecule has 2 unspecified atom stereocenters. The van der Waals surface area contributed by atoms with Gasteiger partial charge in [-0.3, -0.25) is 4.98 Å². The molecule has 0 saturated carbocycles. The molecule has 19 heavy (non-hydrogen) atoms. The number of thioether (sulfide) groups is 1. The third-order valence-electron chi connectivity index (χ3n) is 3.91. The first kappa shape index (κ1) is 13.2. The van der Waals surface area contributed by atoms with Crippen LogP contribution < -0.4 is 0 Å². The minimum absolute atomic E-state index is 0.354. The SMILES string of the molecule is OC1(c2ccnc(C(F)(F)F)c2)CC2CCC(C1)S2. The lowest BCUT2D eigenvalue weighted by molar-refractivity contribution is -0.141. The number of aliphatic hydroxyl groups is 1. The second-order valence-corrected chi connectivity index (χ2v) is 6.93. The number of nitrogens with zero attached hydrogens (tertiary/aromatic N) is 1. The fourth-order valence-electron chi connectivity index (χ4n) is 3.03. The van der Waals surface area contributed by atoms with Gasteiger partial charge in [-0.25, -0.2) is 0 Å². The molecular weight excluding hydrogens is 275 g/mol. The van der Waals surface area contributed by atoms with E-state index in [0.717, 1.165) is 25.1 Å². The molecule has 6 heteroatoms. The number of hydrogen-bond acceptors (Lipinski definition) is 3. The van der Waals surface area contributed by atoms with Crippen molar-refractivity contribution in [3.63, 3.8) is 0 Å². The molecule has 1 N–H and O–H groups in total. The first-order chi connectivity index (χ1) is 8.87. The summed E-state index contributed by atoms with van der Waals surface area (Å²) in [4.78, 5) is 3.35. The number of aromatic nitrogens is 1. The average molecular weight is 289 g/mol. The van der Waals surface area contributed by atoms with Crippen LogP contribution in [-0.2, 0) is 11.8 Å². The van der Waals surface area contributed by atoms with E-state index in [1.165, 1.54) is 6.07 Å². The van der Waals surface area contributed by atoms with Crippen molar-refractivity contribution in [2.24, 2.45) is 0 Å². The summed E-state index contributed by atoms with van der Waals surface area (Å²) >= 11 is 1.86. The summed E-state index contributed by atoms with van der Waals surface area (Å²) in [6, 6.07) is 2.50. The number of halogens is 3. The van der Waals surface area contributed by atoms with Crippen LogP contribution in [0.5, 0.6) is 0 Å². The number of rotatable bonds is 1. The number of hydrogen-bond donors (Lipinski definition) is 1. The minimum Gasteiger partial charge on any atom is -0.385 e. The van der Waals surface area contributed by atoms with Crippen LogP contribution >= 0.6 is 11.8 Å². The van der Waals surface area contributed by atoms with Crippen LogP contribution in [0.25, 0.3) is 0 Å². The van der Waals surface area contributed by atoms with E-state index in [0.29, 0.717) is 28.9 Å². The fraction of sp³-hybridized carbons (Fsp3) is 0.615. The molecule has 3 rings (SSSR count). The van der Waals surface area contributed by atoms with Crippen LogP contribution in [0.2, 0.25) is 0 Å². The second kappa shape index (κ2) is 4.38. The van der Waals surface area contributed by atoms with Gasteiger partial charge in [0.05, 0.1) is 5.60 Å². The van der Waals surface area contributed by atoms with Crippen molar-refractivity contribution >= 4 is 11.8 Å². The van der Waals surface area contributed by atoms with Gasteiger partial charge in [0.2, 0.25) is 0 Å². The van der Waals surface area contributed by atoms with Crippen molar-refractivity contribution in [2.75, 3.05) is 0 Å². The minimum atomic E-state index is -4.46. The third kappa shape index (κ3) is 2.48. The summed E-state index contributed by atoms with van der Waals surface area (Å²) in [7, 11) is 0. The van der Waals surface area contributed by atoms with Crippen molar-refractivity contribution in [2.45, 2.75) is 48.0 Å². The lowest BCUT2D eigenvalue weighted by Gasteiger charge is -2.36. The van der Waals surface area contributed by atoms with Gasteiger partial charge in [-0.05, 0) is 43.4 Å². The number of fused-ring (bicyclic) bond motifs is 2. The number of alkyl halides is 3. The molecule has 104 valence electrons. The highest BCUT2D eigenvalue weighted by Crippen LogP contribution is 2.51. The van der Waals surface area contributed by atoms with Crippen molar-refractivity contribution in [1.29, 1.82) is 0 Å². The Morgan fingerprint density at radius 1 is 1.26 bits per heavy atom. The Balaban J connectivity index is 1.93. The molecule has 0 aromatic carbocycles. The molecule has 2 saturated heterocycles. The molecular formula is C13H14F3NOS. The highest BCUT2D eigenvalue weighted by molar-refractivity contribution is 8.00. The van der Waals surface area contributed by atoms with Crippen molar-refractivity contribution < 1.29 is 18.3 Å². The third-order valence-corrected chi connectivity index (χ3v) is 5.49. The molecule has 1 aromatic heterocycles. The van der Waals surface area contributed by atoms with Crippen LogP contribution in [0.3, 0.4) is 0 Å². The van der Waals surface area contributed by atoms with E-state index in [1.807, 2.05) is 11.8 Å². The highest BCUT2D eigenvalue weighted by atomic mass is 32.2. The van der Waals surface area contributed by atoms with Crippen molar-refractivity contribution in [1.82, 2.24) is 4.98 Å². The Morgan fingerprint density at radius 2 is 1.89 bits per heavy atom. The van der Waals surface area contributed by atoms with E-state index in [1.54, 1.807) is 0 Å². The molecule has 0 spiro atoms. The first-order valence-electron chi connectivity index (χ1n) is 6.28. The second-order valence-electron chi connectivity index (χ2n) is 5.32. The lowest BCUT2D eigenvalue weighted by Crippen LogP contribution is -2.35. The van der Waals surface area contributed by atoms with Crippen LogP contribution in [0, 0.1) is 0 Å². The quantitative estimate of drug-likeness (QED) is 0.860. The smallest absolute Gasteiger partial charge is 0.385 e. The Kier molecular flexibility index (Phi) is 3.05. The van der Waals surface area contributed by atoms with Gasteiger partial charge in [0.1, 0.15) is 5.69 Å². The summed E-state index contributed by atoms with van der Waals surface area (Å²) in [6.07, 6.45) is -0.150. The largest absolute Gasteiger partial charge is 0.433 e. The fourth-order valence-corrected chi connectivity index (χ4v) is 4.86. The molecule has 2 atom stereocenters. The highest BCUT2D eigenvalue weighted by Gasteiger charge is 2.45. The van der Waals surface area contributed by atoms with E-state index >= 15 is 0 Å². The summed E-state index contributed by atoms with van der Waals surface area (Å²) < 4.78 is 38.0. The normalized spacial score (nSPS) is 34.5. The average Bonchev–Trinajstić information content (AvgIpc) is 2.68. The first-order valence-corrected chi connectivity index (χ1v) is 7.23. The summed E-state index contributed by atoms with van der Waals surface area (Å²) in [5.74, 6) is 0. The predicted molar refractivity (Wildman–Crippen MR) is 66.8 cm³/mol. The summed E-state index contributed by atoms with van der Waals surface area (Å²) in [6.45, 7) is 0. The molecule has 2 bridgehead atoms. The van der Waals surface area contributed by atoms with E-state index < -0.39 is 17.5 Å². The zero-order valence-corrected chi connectivity index (χ0v) is 11.0. The Bertz CT molecular complexity index is 479.